The summed E-state index contributed by atoms with van der Waals surface area (Å²) < 4.78 is 26.6. The molecular weight excluding hydrogens is 278 g/mol. The van der Waals surface area contributed by atoms with E-state index in [0.29, 0.717) is 13.0 Å². The molecule has 0 unspecified atom stereocenters. The van der Waals surface area contributed by atoms with Gasteiger partial charge in [0, 0.05) is 12.6 Å². The van der Waals surface area contributed by atoms with E-state index in [9.17, 15) is 18.9 Å². The second kappa shape index (κ2) is 6.30. The zero-order valence-corrected chi connectivity index (χ0v) is 11.4. The maximum atomic E-state index is 13.7. The lowest BCUT2D eigenvalue weighted by Gasteiger charge is -2.09. The summed E-state index contributed by atoms with van der Waals surface area (Å²) in [6.45, 7) is 2.26. The van der Waals surface area contributed by atoms with Crippen LogP contribution in [0.3, 0.4) is 0 Å². The molecule has 0 aromatic heterocycles. The monoisotopic (exact) mass is 292 g/mol. The Labute approximate surface area is 120 Å². The number of halogens is 2. The van der Waals surface area contributed by atoms with Gasteiger partial charge in [-0.3, -0.25) is 10.1 Å². The highest BCUT2D eigenvalue weighted by Crippen LogP contribution is 2.20. The maximum Gasteiger partial charge on any atom is 0.272 e. The number of hydrogen-bond donors (Lipinski definition) is 1. The molecular formula is C15H14F2N2O2. The number of anilines is 1. The van der Waals surface area contributed by atoms with E-state index in [1.54, 1.807) is 6.07 Å². The van der Waals surface area contributed by atoms with Gasteiger partial charge in [0.25, 0.3) is 5.69 Å². The maximum absolute atomic E-state index is 13.7. The first kappa shape index (κ1) is 14.9. The number of benzene rings is 2. The highest BCUT2D eigenvalue weighted by Gasteiger charge is 2.10. The topological polar surface area (TPSA) is 55.2 Å². The molecule has 0 heterocycles. The molecule has 0 atom stereocenters. The first-order valence-corrected chi connectivity index (χ1v) is 6.40. The molecule has 2 rings (SSSR count). The number of non-ortho nitro benzene ring substituents is 1. The van der Waals surface area contributed by atoms with E-state index >= 15 is 0 Å². The molecule has 0 saturated carbocycles. The summed E-state index contributed by atoms with van der Waals surface area (Å²) in [5.41, 5.74) is 1.72. The Morgan fingerprint density at radius 1 is 1.19 bits per heavy atom. The Kier molecular flexibility index (Phi) is 4.47. The van der Waals surface area contributed by atoms with E-state index in [-0.39, 0.29) is 17.2 Å². The number of nitro benzene ring substituents is 1. The summed E-state index contributed by atoms with van der Waals surface area (Å²) in [5, 5.41) is 13.4. The Hall–Kier alpha value is -2.50. The van der Waals surface area contributed by atoms with Crippen molar-refractivity contribution < 1.29 is 13.7 Å². The van der Waals surface area contributed by atoms with E-state index in [0.717, 1.165) is 17.2 Å². The summed E-state index contributed by atoms with van der Waals surface area (Å²) >= 11 is 0. The van der Waals surface area contributed by atoms with Crippen LogP contribution in [0.15, 0.2) is 36.4 Å². The van der Waals surface area contributed by atoms with E-state index in [4.69, 9.17) is 0 Å². The minimum Gasteiger partial charge on any atom is -0.382 e. The van der Waals surface area contributed by atoms with Gasteiger partial charge in [0.2, 0.25) is 0 Å². The molecule has 1 N–H and O–H groups in total. The van der Waals surface area contributed by atoms with Crippen molar-refractivity contribution in [2.24, 2.45) is 0 Å². The Morgan fingerprint density at radius 2 is 1.95 bits per heavy atom. The fourth-order valence-corrected chi connectivity index (χ4v) is 2.03. The zero-order valence-electron chi connectivity index (χ0n) is 11.4. The molecule has 0 fully saturated rings. The first-order chi connectivity index (χ1) is 9.97. The van der Waals surface area contributed by atoms with Gasteiger partial charge in [0.05, 0.1) is 16.7 Å². The average Bonchev–Trinajstić information content (AvgIpc) is 2.42. The molecule has 0 amide bonds. The minimum atomic E-state index is -0.667. The van der Waals surface area contributed by atoms with E-state index in [1.807, 2.05) is 6.92 Å². The standard InChI is InChI=1S/C15H14F2N2O2/c1-10-8-12(16)3-2-11(10)6-7-18-15-5-4-13(19(20)21)9-14(15)17/h2-5,8-9,18H,6-7H2,1H3. The van der Waals surface area contributed by atoms with Crippen LogP contribution in [0.5, 0.6) is 0 Å². The van der Waals surface area contributed by atoms with Crippen molar-refractivity contribution in [2.45, 2.75) is 13.3 Å². The van der Waals surface area contributed by atoms with Gasteiger partial charge in [-0.05, 0) is 42.7 Å². The average molecular weight is 292 g/mol. The van der Waals surface area contributed by atoms with E-state index in [2.05, 4.69) is 5.32 Å². The van der Waals surface area contributed by atoms with Gasteiger partial charge in [-0.1, -0.05) is 6.07 Å². The molecule has 6 heteroatoms. The lowest BCUT2D eigenvalue weighted by molar-refractivity contribution is -0.385. The van der Waals surface area contributed by atoms with Crippen molar-refractivity contribution in [3.8, 4) is 0 Å². The highest BCUT2D eigenvalue weighted by atomic mass is 19.1. The van der Waals surface area contributed by atoms with Crippen molar-refractivity contribution in [3.63, 3.8) is 0 Å². The zero-order chi connectivity index (χ0) is 15.4. The number of nitro groups is 1. The Morgan fingerprint density at radius 3 is 2.57 bits per heavy atom. The molecule has 21 heavy (non-hydrogen) atoms. The summed E-state index contributed by atoms with van der Waals surface area (Å²) in [6.07, 6.45) is 0.600. The third-order valence-electron chi connectivity index (χ3n) is 3.18. The molecule has 0 bridgehead atoms. The van der Waals surface area contributed by atoms with Crippen LogP contribution in [0.2, 0.25) is 0 Å². The molecule has 0 radical (unpaired) electrons. The number of aryl methyl sites for hydroxylation is 1. The first-order valence-electron chi connectivity index (χ1n) is 6.40. The number of hydrogen-bond acceptors (Lipinski definition) is 3. The summed E-state index contributed by atoms with van der Waals surface area (Å²) in [4.78, 5) is 9.87. The van der Waals surface area contributed by atoms with Gasteiger partial charge in [0.1, 0.15) is 5.82 Å². The van der Waals surface area contributed by atoms with Gasteiger partial charge in [-0.15, -0.1) is 0 Å². The number of nitrogens with zero attached hydrogens (tertiary/aromatic N) is 1. The van der Waals surface area contributed by atoms with Crippen LogP contribution in [-0.4, -0.2) is 11.5 Å². The molecule has 2 aromatic rings. The van der Waals surface area contributed by atoms with Crippen LogP contribution in [0.25, 0.3) is 0 Å². The van der Waals surface area contributed by atoms with Crippen LogP contribution in [-0.2, 0) is 6.42 Å². The predicted molar refractivity (Wildman–Crippen MR) is 76.4 cm³/mol. The quantitative estimate of drug-likeness (QED) is 0.673. The summed E-state index contributed by atoms with van der Waals surface area (Å²) in [7, 11) is 0. The van der Waals surface area contributed by atoms with Crippen molar-refractivity contribution in [2.75, 3.05) is 11.9 Å². The number of nitrogens with one attached hydrogen (secondary N) is 1. The number of rotatable bonds is 5. The van der Waals surface area contributed by atoms with Crippen LogP contribution in [0.1, 0.15) is 11.1 Å². The normalized spacial score (nSPS) is 10.4. The Balaban J connectivity index is 1.99. The van der Waals surface area contributed by atoms with Gasteiger partial charge in [-0.2, -0.15) is 0 Å². The van der Waals surface area contributed by atoms with E-state index < -0.39 is 10.7 Å². The third kappa shape index (κ3) is 3.75. The molecule has 0 aliphatic heterocycles. The second-order valence-corrected chi connectivity index (χ2v) is 4.67. The minimum absolute atomic E-state index is 0.209. The van der Waals surface area contributed by atoms with Crippen molar-refractivity contribution in [3.05, 3.63) is 69.3 Å². The van der Waals surface area contributed by atoms with E-state index in [1.165, 1.54) is 24.3 Å². The van der Waals surface area contributed by atoms with Crippen molar-refractivity contribution in [1.29, 1.82) is 0 Å². The smallest absolute Gasteiger partial charge is 0.272 e. The summed E-state index contributed by atoms with van der Waals surface area (Å²) in [6, 6.07) is 7.99. The van der Waals surface area contributed by atoms with Crippen LogP contribution < -0.4 is 5.32 Å². The van der Waals surface area contributed by atoms with Crippen molar-refractivity contribution in [1.82, 2.24) is 0 Å². The van der Waals surface area contributed by atoms with Gasteiger partial charge >= 0.3 is 0 Å². The third-order valence-corrected chi connectivity index (χ3v) is 3.18. The molecule has 0 aliphatic rings. The molecule has 110 valence electrons. The second-order valence-electron chi connectivity index (χ2n) is 4.67. The molecule has 0 spiro atoms. The SMILES string of the molecule is Cc1cc(F)ccc1CCNc1ccc([N+](=O)[O-])cc1F. The lowest BCUT2D eigenvalue weighted by atomic mass is 10.1. The molecule has 4 nitrogen and oxygen atoms in total. The molecule has 0 saturated heterocycles. The fraction of sp³-hybridized carbons (Fsp3) is 0.200. The largest absolute Gasteiger partial charge is 0.382 e. The fourth-order valence-electron chi connectivity index (χ4n) is 2.03. The van der Waals surface area contributed by atoms with Crippen LogP contribution in [0.4, 0.5) is 20.2 Å². The van der Waals surface area contributed by atoms with Gasteiger partial charge in [-0.25, -0.2) is 8.78 Å². The van der Waals surface area contributed by atoms with Crippen molar-refractivity contribution >= 4 is 11.4 Å². The van der Waals surface area contributed by atoms with Gasteiger partial charge in [0.15, 0.2) is 5.82 Å². The van der Waals surface area contributed by atoms with Crippen LogP contribution >= 0.6 is 0 Å². The van der Waals surface area contributed by atoms with Gasteiger partial charge < -0.3 is 5.32 Å². The molecule has 2 aromatic carbocycles. The molecule has 0 aliphatic carbocycles. The predicted octanol–water partition coefficient (Wildman–Crippen LogP) is 3.84. The highest BCUT2D eigenvalue weighted by molar-refractivity contribution is 5.50. The summed E-state index contributed by atoms with van der Waals surface area (Å²) in [5.74, 6) is -0.953. The van der Waals surface area contributed by atoms with Crippen LogP contribution in [0, 0.1) is 28.7 Å². The Bertz CT molecular complexity index is 675. The lowest BCUT2D eigenvalue weighted by Crippen LogP contribution is -2.07.